The van der Waals surface area contributed by atoms with E-state index in [0.29, 0.717) is 6.42 Å². The number of carbonyl (C=O) groups is 2. The molecule has 1 atom stereocenters. The van der Waals surface area contributed by atoms with Crippen LogP contribution in [0.4, 0.5) is 0 Å². The molecule has 0 aliphatic carbocycles. The van der Waals surface area contributed by atoms with Crippen molar-refractivity contribution in [3.8, 4) is 0 Å². The third kappa shape index (κ3) is 3.61. The number of likely N-dealkylation sites (N-methyl/N-ethyl adjacent to an activating group) is 1. The van der Waals surface area contributed by atoms with E-state index in [1.165, 1.54) is 0 Å². The summed E-state index contributed by atoms with van der Waals surface area (Å²) in [6.45, 7) is 3.56. The molecular formula is C19H27N3O2. The summed E-state index contributed by atoms with van der Waals surface area (Å²) in [4.78, 5) is 27.9. The highest BCUT2D eigenvalue weighted by molar-refractivity contribution is 5.84. The molecule has 0 saturated carbocycles. The molecule has 0 bridgehead atoms. The topological polar surface area (TPSA) is 66.6 Å². The van der Waals surface area contributed by atoms with Gasteiger partial charge in [0, 0.05) is 26.6 Å². The first-order chi connectivity index (χ1) is 11.5. The minimum atomic E-state index is -0.234. The number of hydrogen-bond acceptors (Lipinski definition) is 3. The van der Waals surface area contributed by atoms with Gasteiger partial charge in [0.2, 0.25) is 11.8 Å². The molecule has 1 aromatic rings. The van der Waals surface area contributed by atoms with Gasteiger partial charge in [0.05, 0.1) is 5.92 Å². The van der Waals surface area contributed by atoms with E-state index >= 15 is 0 Å². The van der Waals surface area contributed by atoms with E-state index in [4.69, 9.17) is 5.73 Å². The van der Waals surface area contributed by atoms with Crippen LogP contribution in [0, 0.1) is 5.41 Å². The Balaban J connectivity index is 1.68. The summed E-state index contributed by atoms with van der Waals surface area (Å²) < 4.78 is 0. The molecule has 0 radical (unpaired) electrons. The lowest BCUT2D eigenvalue weighted by Crippen LogP contribution is -2.52. The van der Waals surface area contributed by atoms with Gasteiger partial charge in [0.25, 0.3) is 0 Å². The first-order valence-electron chi connectivity index (χ1n) is 8.80. The molecular weight excluding hydrogens is 302 g/mol. The standard InChI is InChI=1S/C19H27N3O2/c1-21-14-19(8-11-22(12-9-19)10-7-17(20)23)13-16(18(21)24)15-5-3-2-4-6-15/h2-6,16H,7-14H2,1H3,(H2,20,23)/t16-/m0/s1. The molecule has 2 fully saturated rings. The lowest BCUT2D eigenvalue weighted by molar-refractivity contribution is -0.139. The second-order valence-electron chi connectivity index (χ2n) is 7.42. The summed E-state index contributed by atoms with van der Waals surface area (Å²) in [6, 6.07) is 10.1. The largest absolute Gasteiger partial charge is 0.370 e. The van der Waals surface area contributed by atoms with Gasteiger partial charge in [-0.05, 0) is 43.3 Å². The molecule has 130 valence electrons. The van der Waals surface area contributed by atoms with E-state index in [0.717, 1.165) is 51.0 Å². The number of rotatable bonds is 4. The SMILES string of the molecule is CN1CC2(CCN(CCC(N)=O)CC2)C[C@@H](c2ccccc2)C1=O. The van der Waals surface area contributed by atoms with Crippen LogP contribution in [0.15, 0.2) is 30.3 Å². The number of piperidine rings is 2. The molecule has 3 rings (SSSR count). The maximum atomic E-state index is 12.7. The second-order valence-corrected chi connectivity index (χ2v) is 7.42. The highest BCUT2D eigenvalue weighted by Gasteiger charge is 2.44. The maximum absolute atomic E-state index is 12.7. The molecule has 2 amide bonds. The average molecular weight is 329 g/mol. The Morgan fingerprint density at radius 3 is 2.54 bits per heavy atom. The van der Waals surface area contributed by atoms with Crippen molar-refractivity contribution in [2.24, 2.45) is 11.1 Å². The zero-order chi connectivity index (χ0) is 17.2. The molecule has 5 nitrogen and oxygen atoms in total. The van der Waals surface area contributed by atoms with Gasteiger partial charge in [0.1, 0.15) is 0 Å². The highest BCUT2D eigenvalue weighted by atomic mass is 16.2. The van der Waals surface area contributed by atoms with Crippen molar-refractivity contribution in [3.05, 3.63) is 35.9 Å². The average Bonchev–Trinajstić information content (AvgIpc) is 2.58. The van der Waals surface area contributed by atoms with Crippen molar-refractivity contribution in [2.45, 2.75) is 31.6 Å². The lowest BCUT2D eigenvalue weighted by atomic mass is 9.67. The summed E-state index contributed by atoms with van der Waals surface area (Å²) in [5, 5.41) is 0. The smallest absolute Gasteiger partial charge is 0.229 e. The van der Waals surface area contributed by atoms with E-state index in [-0.39, 0.29) is 23.1 Å². The van der Waals surface area contributed by atoms with Gasteiger partial charge in [-0.15, -0.1) is 0 Å². The summed E-state index contributed by atoms with van der Waals surface area (Å²) in [6.07, 6.45) is 3.52. The van der Waals surface area contributed by atoms with Crippen molar-refractivity contribution in [1.29, 1.82) is 0 Å². The van der Waals surface area contributed by atoms with Crippen molar-refractivity contribution >= 4 is 11.8 Å². The fourth-order valence-corrected chi connectivity index (χ4v) is 4.26. The summed E-state index contributed by atoms with van der Waals surface area (Å²) in [5.74, 6) is -0.0208. The number of likely N-dealkylation sites (tertiary alicyclic amines) is 2. The van der Waals surface area contributed by atoms with Gasteiger partial charge < -0.3 is 15.5 Å². The van der Waals surface area contributed by atoms with Crippen LogP contribution in [0.2, 0.25) is 0 Å². The molecule has 1 aromatic carbocycles. The number of primary amides is 1. The molecule has 2 saturated heterocycles. The summed E-state index contributed by atoms with van der Waals surface area (Å²) in [5.41, 5.74) is 6.58. The molecule has 2 heterocycles. The third-order valence-electron chi connectivity index (χ3n) is 5.68. The van der Waals surface area contributed by atoms with E-state index < -0.39 is 0 Å². The quantitative estimate of drug-likeness (QED) is 0.912. The number of carbonyl (C=O) groups excluding carboxylic acids is 2. The first-order valence-corrected chi connectivity index (χ1v) is 8.80. The fraction of sp³-hybridized carbons (Fsp3) is 0.579. The number of hydrogen-bond donors (Lipinski definition) is 1. The number of amides is 2. The van der Waals surface area contributed by atoms with E-state index in [1.54, 1.807) is 0 Å². The minimum Gasteiger partial charge on any atom is -0.370 e. The Hall–Kier alpha value is -1.88. The molecule has 2 aliphatic heterocycles. The van der Waals surface area contributed by atoms with Gasteiger partial charge >= 0.3 is 0 Å². The van der Waals surface area contributed by atoms with Crippen LogP contribution in [0.5, 0.6) is 0 Å². The van der Waals surface area contributed by atoms with Crippen molar-refractivity contribution < 1.29 is 9.59 Å². The monoisotopic (exact) mass is 329 g/mol. The number of nitrogens with zero attached hydrogens (tertiary/aromatic N) is 2. The Kier molecular flexibility index (Phi) is 4.90. The summed E-state index contributed by atoms with van der Waals surface area (Å²) >= 11 is 0. The highest BCUT2D eigenvalue weighted by Crippen LogP contribution is 2.45. The van der Waals surface area contributed by atoms with Gasteiger partial charge in [-0.2, -0.15) is 0 Å². The van der Waals surface area contributed by atoms with E-state index in [2.05, 4.69) is 17.0 Å². The first kappa shape index (κ1) is 17.0. The van der Waals surface area contributed by atoms with Gasteiger partial charge in [-0.25, -0.2) is 0 Å². The Labute approximate surface area is 143 Å². The predicted molar refractivity (Wildman–Crippen MR) is 93.4 cm³/mol. The Morgan fingerprint density at radius 1 is 1.25 bits per heavy atom. The van der Waals surface area contributed by atoms with Crippen LogP contribution in [0.3, 0.4) is 0 Å². The van der Waals surface area contributed by atoms with Crippen molar-refractivity contribution in [3.63, 3.8) is 0 Å². The van der Waals surface area contributed by atoms with Crippen LogP contribution in [-0.2, 0) is 9.59 Å². The molecule has 2 N–H and O–H groups in total. The second kappa shape index (κ2) is 6.93. The normalized spacial score (nSPS) is 24.3. The number of nitrogens with two attached hydrogens (primary N) is 1. The Bertz CT molecular complexity index is 594. The zero-order valence-electron chi connectivity index (χ0n) is 14.4. The Morgan fingerprint density at radius 2 is 1.92 bits per heavy atom. The summed E-state index contributed by atoms with van der Waals surface area (Å²) in [7, 11) is 1.93. The van der Waals surface area contributed by atoms with Crippen LogP contribution >= 0.6 is 0 Å². The van der Waals surface area contributed by atoms with Crippen LogP contribution in [0.25, 0.3) is 0 Å². The molecule has 0 unspecified atom stereocenters. The predicted octanol–water partition coefficient (Wildman–Crippen LogP) is 1.59. The lowest BCUT2D eigenvalue weighted by Gasteiger charge is -2.49. The van der Waals surface area contributed by atoms with Crippen LogP contribution in [-0.4, -0.2) is 54.8 Å². The molecule has 2 aliphatic rings. The number of benzene rings is 1. The van der Waals surface area contributed by atoms with Gasteiger partial charge in [-0.1, -0.05) is 30.3 Å². The third-order valence-corrected chi connectivity index (χ3v) is 5.68. The van der Waals surface area contributed by atoms with Gasteiger partial charge in [-0.3, -0.25) is 9.59 Å². The maximum Gasteiger partial charge on any atom is 0.229 e. The van der Waals surface area contributed by atoms with Crippen LogP contribution in [0.1, 0.15) is 37.2 Å². The van der Waals surface area contributed by atoms with Gasteiger partial charge in [0.15, 0.2) is 0 Å². The fourth-order valence-electron chi connectivity index (χ4n) is 4.26. The van der Waals surface area contributed by atoms with E-state index in [1.807, 2.05) is 30.1 Å². The van der Waals surface area contributed by atoms with E-state index in [9.17, 15) is 9.59 Å². The van der Waals surface area contributed by atoms with Crippen molar-refractivity contribution in [2.75, 3.05) is 33.2 Å². The molecule has 24 heavy (non-hydrogen) atoms. The van der Waals surface area contributed by atoms with Crippen LogP contribution < -0.4 is 5.73 Å². The molecule has 0 aromatic heterocycles. The minimum absolute atomic E-state index is 0.0258. The molecule has 5 heteroatoms. The zero-order valence-corrected chi connectivity index (χ0v) is 14.4. The van der Waals surface area contributed by atoms with Crippen molar-refractivity contribution in [1.82, 2.24) is 9.80 Å². The molecule has 1 spiro atoms.